The summed E-state index contributed by atoms with van der Waals surface area (Å²) < 4.78 is 16.5. The highest BCUT2D eigenvalue weighted by atomic mass is 19.1. The Morgan fingerprint density at radius 1 is 1.10 bits per heavy atom. The number of anilines is 3. The smallest absolute Gasteiger partial charge is 0.255 e. The Morgan fingerprint density at radius 3 is 2.62 bits per heavy atom. The number of hydrogen-bond acceptors (Lipinski definition) is 4. The lowest BCUT2D eigenvalue weighted by molar-refractivity contribution is 0.102. The number of para-hydroxylation sites is 4. The number of carbonyl (C=O) groups excluding carboxylic acids is 1. The molecule has 0 radical (unpaired) electrons. The summed E-state index contributed by atoms with van der Waals surface area (Å²) in [6.45, 7) is 0.247. The van der Waals surface area contributed by atoms with Gasteiger partial charge in [0.25, 0.3) is 5.91 Å². The molecule has 4 N–H and O–H groups in total. The number of nitrogens with zero attached hydrogens (tertiary/aromatic N) is 2. The molecule has 0 saturated heterocycles. The molecule has 0 fully saturated rings. The number of aromatic nitrogens is 2. The summed E-state index contributed by atoms with van der Waals surface area (Å²) in [4.78, 5) is 16.9. The third-order valence-corrected chi connectivity index (χ3v) is 4.75. The minimum atomic E-state index is -0.468. The Bertz CT molecular complexity index is 1200. The van der Waals surface area contributed by atoms with Gasteiger partial charge in [-0.3, -0.25) is 4.79 Å². The number of benzene rings is 3. The molecule has 4 rings (SSSR count). The molecule has 1 amide bonds. The number of aryl methyl sites for hydroxylation is 1. The van der Waals surface area contributed by atoms with Gasteiger partial charge in [0.2, 0.25) is 5.95 Å². The number of nitrogen functional groups attached to an aromatic ring is 1. The van der Waals surface area contributed by atoms with Gasteiger partial charge in [-0.15, -0.1) is 0 Å². The van der Waals surface area contributed by atoms with Crippen LogP contribution in [0.1, 0.15) is 15.9 Å². The van der Waals surface area contributed by atoms with E-state index in [1.807, 2.05) is 35.9 Å². The van der Waals surface area contributed by atoms with E-state index in [4.69, 9.17) is 5.73 Å². The molecule has 6 nitrogen and oxygen atoms in total. The lowest BCUT2D eigenvalue weighted by Gasteiger charge is -2.10. The fourth-order valence-electron chi connectivity index (χ4n) is 3.12. The molecule has 0 saturated carbocycles. The largest absolute Gasteiger partial charge is 0.397 e. The van der Waals surface area contributed by atoms with Crippen LogP contribution in [0.2, 0.25) is 0 Å². The van der Waals surface area contributed by atoms with Crippen molar-refractivity contribution in [3.63, 3.8) is 0 Å². The SMILES string of the molecule is Cn1c(NCc2ccc(C(=O)Nc3ccccc3N)cc2F)nc2ccccc21. The number of carbonyl (C=O) groups is 1. The van der Waals surface area contributed by atoms with E-state index in [0.29, 0.717) is 22.9 Å². The van der Waals surface area contributed by atoms with E-state index in [9.17, 15) is 9.18 Å². The van der Waals surface area contributed by atoms with Crippen molar-refractivity contribution in [1.82, 2.24) is 9.55 Å². The van der Waals surface area contributed by atoms with Gasteiger partial charge >= 0.3 is 0 Å². The molecule has 0 aliphatic heterocycles. The summed E-state index contributed by atoms with van der Waals surface area (Å²) >= 11 is 0. The first kappa shape index (κ1) is 18.5. The molecular weight excluding hydrogens is 369 g/mol. The van der Waals surface area contributed by atoms with Crippen molar-refractivity contribution in [2.45, 2.75) is 6.54 Å². The minimum absolute atomic E-state index is 0.220. The number of amides is 1. The van der Waals surface area contributed by atoms with Crippen LogP contribution in [0.25, 0.3) is 11.0 Å². The van der Waals surface area contributed by atoms with Crippen LogP contribution in [0.4, 0.5) is 21.7 Å². The van der Waals surface area contributed by atoms with Crippen LogP contribution in [-0.4, -0.2) is 15.5 Å². The maximum Gasteiger partial charge on any atom is 0.255 e. The van der Waals surface area contributed by atoms with E-state index < -0.39 is 11.7 Å². The number of fused-ring (bicyclic) bond motifs is 1. The van der Waals surface area contributed by atoms with Gasteiger partial charge in [-0.2, -0.15) is 0 Å². The average molecular weight is 389 g/mol. The van der Waals surface area contributed by atoms with E-state index in [1.165, 1.54) is 6.07 Å². The third kappa shape index (κ3) is 3.75. The zero-order valence-corrected chi connectivity index (χ0v) is 15.8. The van der Waals surface area contributed by atoms with Crippen LogP contribution < -0.4 is 16.4 Å². The summed E-state index contributed by atoms with van der Waals surface area (Å²) in [6.07, 6.45) is 0. The Balaban J connectivity index is 1.47. The highest BCUT2D eigenvalue weighted by molar-refractivity contribution is 6.05. The van der Waals surface area contributed by atoms with Crippen LogP contribution in [0, 0.1) is 5.82 Å². The maximum absolute atomic E-state index is 14.6. The van der Waals surface area contributed by atoms with Crippen molar-refractivity contribution in [3.8, 4) is 0 Å². The Kier molecular flexibility index (Phi) is 4.87. The van der Waals surface area contributed by atoms with E-state index >= 15 is 0 Å². The van der Waals surface area contributed by atoms with Gasteiger partial charge < -0.3 is 20.9 Å². The van der Waals surface area contributed by atoms with Gasteiger partial charge in [-0.25, -0.2) is 9.37 Å². The van der Waals surface area contributed by atoms with Crippen LogP contribution in [0.3, 0.4) is 0 Å². The molecule has 1 heterocycles. The summed E-state index contributed by atoms with van der Waals surface area (Å²) in [5.74, 6) is -0.242. The van der Waals surface area contributed by atoms with Crippen LogP contribution in [0.15, 0.2) is 66.7 Å². The Morgan fingerprint density at radius 2 is 1.86 bits per heavy atom. The highest BCUT2D eigenvalue weighted by Crippen LogP contribution is 2.21. The molecule has 0 bridgehead atoms. The molecule has 29 heavy (non-hydrogen) atoms. The van der Waals surface area contributed by atoms with E-state index in [0.717, 1.165) is 11.0 Å². The molecule has 0 aliphatic carbocycles. The quantitative estimate of drug-likeness (QED) is 0.448. The van der Waals surface area contributed by atoms with E-state index in [-0.39, 0.29) is 12.1 Å². The van der Waals surface area contributed by atoms with Crippen molar-refractivity contribution in [2.75, 3.05) is 16.4 Å². The first-order chi connectivity index (χ1) is 14.0. The molecule has 4 aromatic rings. The monoisotopic (exact) mass is 389 g/mol. The Labute approximate surface area is 167 Å². The number of rotatable bonds is 5. The number of nitrogens with two attached hydrogens (primary N) is 1. The molecule has 146 valence electrons. The van der Waals surface area contributed by atoms with E-state index in [1.54, 1.807) is 36.4 Å². The zero-order chi connectivity index (χ0) is 20.4. The van der Waals surface area contributed by atoms with E-state index in [2.05, 4.69) is 15.6 Å². The summed E-state index contributed by atoms with van der Waals surface area (Å²) in [6, 6.07) is 19.1. The number of imidazole rings is 1. The molecular formula is C22H20FN5O. The molecule has 7 heteroatoms. The second kappa shape index (κ2) is 7.63. The first-order valence-corrected chi connectivity index (χ1v) is 9.12. The lowest BCUT2D eigenvalue weighted by Crippen LogP contribution is -2.14. The molecule has 0 aliphatic rings. The van der Waals surface area contributed by atoms with Gasteiger partial charge in [0.1, 0.15) is 5.82 Å². The van der Waals surface area contributed by atoms with Gasteiger partial charge in [0, 0.05) is 24.7 Å². The summed E-state index contributed by atoms with van der Waals surface area (Å²) in [7, 11) is 1.90. The predicted octanol–water partition coefficient (Wildman–Crippen LogP) is 4.16. The maximum atomic E-state index is 14.6. The lowest BCUT2D eigenvalue weighted by atomic mass is 10.1. The van der Waals surface area contributed by atoms with Crippen molar-refractivity contribution in [2.24, 2.45) is 7.05 Å². The molecule has 1 aromatic heterocycles. The summed E-state index contributed by atoms with van der Waals surface area (Å²) in [5.41, 5.74) is 9.28. The Hall–Kier alpha value is -3.87. The predicted molar refractivity (Wildman–Crippen MR) is 113 cm³/mol. The molecule has 0 unspecified atom stereocenters. The standard InChI is InChI=1S/C22H20FN5O/c1-28-20-9-5-4-8-19(20)27-22(28)25-13-15-11-10-14(12-16(15)23)21(29)26-18-7-3-2-6-17(18)24/h2-12H,13,24H2,1H3,(H,25,27)(H,26,29). The van der Waals surface area contributed by atoms with Gasteiger partial charge in [0.15, 0.2) is 0 Å². The summed E-state index contributed by atoms with van der Waals surface area (Å²) in [5, 5.41) is 5.84. The van der Waals surface area contributed by atoms with Gasteiger partial charge in [-0.05, 0) is 36.4 Å². The first-order valence-electron chi connectivity index (χ1n) is 9.12. The highest BCUT2D eigenvalue weighted by Gasteiger charge is 2.12. The van der Waals surface area contributed by atoms with Crippen molar-refractivity contribution in [3.05, 3.63) is 83.7 Å². The van der Waals surface area contributed by atoms with Crippen LogP contribution in [-0.2, 0) is 13.6 Å². The normalized spacial score (nSPS) is 10.8. The van der Waals surface area contributed by atoms with Crippen molar-refractivity contribution in [1.29, 1.82) is 0 Å². The fraction of sp³-hybridized carbons (Fsp3) is 0.0909. The minimum Gasteiger partial charge on any atom is -0.397 e. The van der Waals surface area contributed by atoms with Crippen molar-refractivity contribution < 1.29 is 9.18 Å². The van der Waals surface area contributed by atoms with Crippen LogP contribution in [0.5, 0.6) is 0 Å². The topological polar surface area (TPSA) is 85.0 Å². The number of halogens is 1. The zero-order valence-electron chi connectivity index (χ0n) is 15.8. The molecule has 3 aromatic carbocycles. The molecule has 0 atom stereocenters. The number of nitrogens with one attached hydrogen (secondary N) is 2. The van der Waals surface area contributed by atoms with Gasteiger partial charge in [-0.1, -0.05) is 30.3 Å². The van der Waals surface area contributed by atoms with Gasteiger partial charge in [0.05, 0.1) is 22.4 Å². The number of hydrogen-bond donors (Lipinski definition) is 3. The fourth-order valence-corrected chi connectivity index (χ4v) is 3.12. The average Bonchev–Trinajstić information content (AvgIpc) is 3.04. The second-order valence-corrected chi connectivity index (χ2v) is 6.68. The van der Waals surface area contributed by atoms with Crippen molar-refractivity contribution >= 4 is 34.3 Å². The van der Waals surface area contributed by atoms with Crippen LogP contribution >= 0.6 is 0 Å². The molecule has 0 spiro atoms. The second-order valence-electron chi connectivity index (χ2n) is 6.68. The third-order valence-electron chi connectivity index (χ3n) is 4.75.